The molecule has 6 heteroatoms. The van der Waals surface area contributed by atoms with Crippen molar-refractivity contribution in [1.29, 1.82) is 0 Å². The molecule has 5 rings (SSSR count). The normalized spacial score (nSPS) is 13.2. The lowest BCUT2D eigenvalue weighted by atomic mass is 9.99. The summed E-state index contributed by atoms with van der Waals surface area (Å²) in [6.45, 7) is 1.99. The zero-order valence-corrected chi connectivity index (χ0v) is 16.8. The van der Waals surface area contributed by atoms with Crippen LogP contribution in [0.25, 0.3) is 16.8 Å². The average Bonchev–Trinajstić information content (AvgIpc) is 3.25. The Labute approximate surface area is 178 Å². The first-order valence-corrected chi connectivity index (χ1v) is 9.93. The van der Waals surface area contributed by atoms with Crippen LogP contribution < -0.4 is 5.32 Å². The highest BCUT2D eigenvalue weighted by atomic mass is 19.1. The maximum absolute atomic E-state index is 13.3. The van der Waals surface area contributed by atoms with Crippen LogP contribution in [0.15, 0.2) is 84.4 Å². The monoisotopic (exact) mass is 410 g/mol. The number of nitrogens with zero attached hydrogens (tertiary/aromatic N) is 3. The number of hydrogen-bond donors (Lipinski definition) is 1. The summed E-state index contributed by atoms with van der Waals surface area (Å²) in [6.07, 6.45) is 5.50. The third-order valence-corrected chi connectivity index (χ3v) is 5.34. The van der Waals surface area contributed by atoms with Crippen LogP contribution >= 0.6 is 0 Å². The van der Waals surface area contributed by atoms with Crippen molar-refractivity contribution in [3.8, 4) is 16.8 Å². The number of fused-ring (bicyclic) bond motifs is 1. The van der Waals surface area contributed by atoms with Gasteiger partial charge in [0.2, 0.25) is 5.91 Å². The second-order valence-electron chi connectivity index (χ2n) is 7.49. The molecule has 1 N–H and O–H groups in total. The average molecular weight is 410 g/mol. The number of carbonyl (C=O) groups is 1. The lowest BCUT2D eigenvalue weighted by Crippen LogP contribution is -2.15. The Hall–Kier alpha value is -4.06. The van der Waals surface area contributed by atoms with Crippen LogP contribution in [0.3, 0.4) is 0 Å². The standard InChI is InChI=1S/C25H19FN4O/c1-16-11-23-24(13-21(16)17-5-7-19(26)8-6-17)29-25(31)14-22(28-23)18-3-2-4-20(12-18)30-10-9-27-15-30/h2-13,15H,14H2,1H3,(H,29,31). The quantitative estimate of drug-likeness (QED) is 0.488. The first-order chi connectivity index (χ1) is 15.1. The Kier molecular flexibility index (Phi) is 4.67. The van der Waals surface area contributed by atoms with Crippen LogP contribution in [0.4, 0.5) is 15.8 Å². The van der Waals surface area contributed by atoms with Crippen LogP contribution in [0.5, 0.6) is 0 Å². The molecular formula is C25H19FN4O. The summed E-state index contributed by atoms with van der Waals surface area (Å²) >= 11 is 0. The molecular weight excluding hydrogens is 391 g/mol. The summed E-state index contributed by atoms with van der Waals surface area (Å²) < 4.78 is 15.2. The van der Waals surface area contributed by atoms with Gasteiger partial charge in [0, 0.05) is 18.1 Å². The van der Waals surface area contributed by atoms with Crippen molar-refractivity contribution < 1.29 is 9.18 Å². The number of carbonyl (C=O) groups excluding carboxylic acids is 1. The Bertz CT molecular complexity index is 1310. The fourth-order valence-electron chi connectivity index (χ4n) is 3.78. The molecule has 1 amide bonds. The van der Waals surface area contributed by atoms with Gasteiger partial charge in [0.15, 0.2) is 0 Å². The molecule has 1 aliphatic rings. The van der Waals surface area contributed by atoms with E-state index in [1.807, 2.05) is 54.1 Å². The molecule has 3 aromatic carbocycles. The molecule has 0 spiro atoms. The molecule has 0 radical (unpaired) electrons. The molecule has 4 aromatic rings. The van der Waals surface area contributed by atoms with Gasteiger partial charge in [-0.2, -0.15) is 0 Å². The third kappa shape index (κ3) is 3.75. The zero-order chi connectivity index (χ0) is 21.4. The SMILES string of the molecule is Cc1cc2c(cc1-c1ccc(F)cc1)NC(=O)CC(c1cccc(-n3ccnc3)c1)=N2. The van der Waals surface area contributed by atoms with E-state index in [4.69, 9.17) is 4.99 Å². The largest absolute Gasteiger partial charge is 0.324 e. The lowest BCUT2D eigenvalue weighted by Gasteiger charge is -2.12. The number of rotatable bonds is 3. The molecule has 0 saturated heterocycles. The van der Waals surface area contributed by atoms with Gasteiger partial charge in [-0.25, -0.2) is 9.37 Å². The predicted molar refractivity (Wildman–Crippen MR) is 120 cm³/mol. The number of imidazole rings is 1. The number of amides is 1. The van der Waals surface area contributed by atoms with Crippen LogP contribution in [0.1, 0.15) is 17.5 Å². The number of aryl methyl sites for hydroxylation is 1. The summed E-state index contributed by atoms with van der Waals surface area (Å²) in [5, 5.41) is 2.97. The van der Waals surface area contributed by atoms with Gasteiger partial charge in [-0.3, -0.25) is 9.79 Å². The highest BCUT2D eigenvalue weighted by molar-refractivity contribution is 6.17. The third-order valence-electron chi connectivity index (χ3n) is 5.34. The molecule has 0 unspecified atom stereocenters. The summed E-state index contributed by atoms with van der Waals surface area (Å²) in [6, 6.07) is 18.1. The molecule has 0 aliphatic carbocycles. The van der Waals surface area contributed by atoms with Gasteiger partial charge in [0.25, 0.3) is 0 Å². The van der Waals surface area contributed by atoms with Crippen molar-refractivity contribution in [2.24, 2.45) is 4.99 Å². The topological polar surface area (TPSA) is 59.3 Å². The first-order valence-electron chi connectivity index (χ1n) is 9.93. The summed E-state index contributed by atoms with van der Waals surface area (Å²) in [4.78, 5) is 21.6. The van der Waals surface area contributed by atoms with Gasteiger partial charge >= 0.3 is 0 Å². The van der Waals surface area contributed by atoms with Gasteiger partial charge in [-0.1, -0.05) is 24.3 Å². The van der Waals surface area contributed by atoms with Crippen LogP contribution in [0, 0.1) is 12.7 Å². The van der Waals surface area contributed by atoms with E-state index >= 15 is 0 Å². The van der Waals surface area contributed by atoms with Crippen LogP contribution in [-0.2, 0) is 4.79 Å². The van der Waals surface area contributed by atoms with Gasteiger partial charge in [0.1, 0.15) is 5.82 Å². The Morgan fingerprint density at radius 1 is 1.03 bits per heavy atom. The highest BCUT2D eigenvalue weighted by Crippen LogP contribution is 2.36. The van der Waals surface area contributed by atoms with Gasteiger partial charge in [0.05, 0.1) is 29.8 Å². The molecule has 0 atom stereocenters. The molecule has 1 aliphatic heterocycles. The second kappa shape index (κ2) is 7.65. The Morgan fingerprint density at radius 2 is 1.87 bits per heavy atom. The molecule has 5 nitrogen and oxygen atoms in total. The zero-order valence-electron chi connectivity index (χ0n) is 16.8. The van der Waals surface area contributed by atoms with E-state index in [1.165, 1.54) is 12.1 Å². The number of aliphatic imine (C=N–C) groups is 1. The molecule has 0 bridgehead atoms. The van der Waals surface area contributed by atoms with Crippen molar-refractivity contribution in [2.45, 2.75) is 13.3 Å². The van der Waals surface area contributed by atoms with Crippen molar-refractivity contribution in [3.63, 3.8) is 0 Å². The Balaban J connectivity index is 1.58. The summed E-state index contributed by atoms with van der Waals surface area (Å²) in [5.41, 5.74) is 6.70. The second-order valence-corrected chi connectivity index (χ2v) is 7.49. The van der Waals surface area contributed by atoms with E-state index in [2.05, 4.69) is 10.3 Å². The van der Waals surface area contributed by atoms with Gasteiger partial charge in [-0.15, -0.1) is 0 Å². The fourth-order valence-corrected chi connectivity index (χ4v) is 3.78. The molecule has 2 heterocycles. The fraction of sp³-hybridized carbons (Fsp3) is 0.0800. The van der Waals surface area contributed by atoms with E-state index in [1.54, 1.807) is 24.7 Å². The summed E-state index contributed by atoms with van der Waals surface area (Å²) in [7, 11) is 0. The number of aromatic nitrogens is 2. The number of anilines is 1. The van der Waals surface area contributed by atoms with E-state index in [-0.39, 0.29) is 18.1 Å². The van der Waals surface area contributed by atoms with Crippen molar-refractivity contribution in [1.82, 2.24) is 9.55 Å². The smallest absolute Gasteiger partial charge is 0.230 e. The first kappa shape index (κ1) is 18.9. The maximum atomic E-state index is 13.3. The molecule has 1 aromatic heterocycles. The maximum Gasteiger partial charge on any atom is 0.230 e. The van der Waals surface area contributed by atoms with Crippen molar-refractivity contribution in [3.05, 3.63) is 96.3 Å². The number of hydrogen-bond acceptors (Lipinski definition) is 3. The number of benzene rings is 3. The molecule has 31 heavy (non-hydrogen) atoms. The van der Waals surface area contributed by atoms with E-state index in [9.17, 15) is 9.18 Å². The van der Waals surface area contributed by atoms with E-state index in [0.717, 1.165) is 27.9 Å². The number of nitrogens with one attached hydrogen (secondary N) is 1. The van der Waals surface area contributed by atoms with E-state index < -0.39 is 0 Å². The van der Waals surface area contributed by atoms with E-state index in [0.29, 0.717) is 17.1 Å². The van der Waals surface area contributed by atoms with Crippen LogP contribution in [0.2, 0.25) is 0 Å². The molecule has 0 saturated carbocycles. The van der Waals surface area contributed by atoms with Gasteiger partial charge < -0.3 is 9.88 Å². The van der Waals surface area contributed by atoms with Crippen molar-refractivity contribution >= 4 is 23.0 Å². The van der Waals surface area contributed by atoms with Crippen molar-refractivity contribution in [2.75, 3.05) is 5.32 Å². The number of halogens is 1. The lowest BCUT2D eigenvalue weighted by molar-refractivity contribution is -0.115. The minimum Gasteiger partial charge on any atom is -0.324 e. The molecule has 0 fully saturated rings. The van der Waals surface area contributed by atoms with Gasteiger partial charge in [-0.05, 0) is 65.6 Å². The highest BCUT2D eigenvalue weighted by Gasteiger charge is 2.19. The predicted octanol–water partition coefficient (Wildman–Crippen LogP) is 5.45. The summed E-state index contributed by atoms with van der Waals surface area (Å²) in [5.74, 6) is -0.406. The van der Waals surface area contributed by atoms with Crippen LogP contribution in [-0.4, -0.2) is 21.2 Å². The minimum atomic E-state index is -0.281. The molecule has 152 valence electrons. The Morgan fingerprint density at radius 3 is 2.65 bits per heavy atom. The minimum absolute atomic E-state index is 0.126.